The van der Waals surface area contributed by atoms with Gasteiger partial charge in [-0.1, -0.05) is 0 Å². The topological polar surface area (TPSA) is 29.5 Å². The van der Waals surface area contributed by atoms with Crippen molar-refractivity contribution in [3.05, 3.63) is 0 Å². The standard InChI is InChI=1S/C4H4F6O2/c5-1-2(6)12-4(9,10)3(7,8)11/h2,11H,1H2. The minimum atomic E-state index is -5.54. The van der Waals surface area contributed by atoms with Crippen LogP contribution in [0.5, 0.6) is 0 Å². The third-order valence-corrected chi connectivity index (χ3v) is 0.747. The number of ether oxygens (including phenoxy) is 1. The van der Waals surface area contributed by atoms with E-state index < -0.39 is 25.2 Å². The predicted octanol–water partition coefficient (Wildman–Crippen LogP) is 1.45. The number of hydrogen-bond donors (Lipinski definition) is 1. The van der Waals surface area contributed by atoms with Crippen LogP contribution < -0.4 is 0 Å². The van der Waals surface area contributed by atoms with Gasteiger partial charge in [-0.2, -0.15) is 17.6 Å². The molecule has 1 atom stereocenters. The first kappa shape index (κ1) is 11.5. The van der Waals surface area contributed by atoms with Crippen LogP contribution in [-0.2, 0) is 4.74 Å². The van der Waals surface area contributed by atoms with Crippen molar-refractivity contribution in [2.75, 3.05) is 6.67 Å². The normalized spacial score (nSPS) is 16.2. The molecule has 0 aliphatic carbocycles. The molecule has 0 aliphatic rings. The molecule has 0 fully saturated rings. The fourth-order valence-corrected chi connectivity index (χ4v) is 0.263. The lowest BCUT2D eigenvalue weighted by Gasteiger charge is -2.21. The van der Waals surface area contributed by atoms with Gasteiger partial charge >= 0.3 is 12.2 Å². The summed E-state index contributed by atoms with van der Waals surface area (Å²) in [4.78, 5) is 0. The molecule has 1 unspecified atom stereocenters. The highest BCUT2D eigenvalue weighted by atomic mass is 19.3. The van der Waals surface area contributed by atoms with Gasteiger partial charge in [-0.25, -0.2) is 8.78 Å². The Morgan fingerprint density at radius 2 is 1.67 bits per heavy atom. The Labute approximate surface area is 62.7 Å². The Morgan fingerprint density at radius 1 is 1.25 bits per heavy atom. The molecule has 1 N–H and O–H groups in total. The molecule has 0 aromatic carbocycles. The fourth-order valence-electron chi connectivity index (χ4n) is 0.263. The lowest BCUT2D eigenvalue weighted by molar-refractivity contribution is -0.436. The summed E-state index contributed by atoms with van der Waals surface area (Å²) in [5.41, 5.74) is 0. The maximum absolute atomic E-state index is 11.7. The molecule has 0 bridgehead atoms. The molecule has 12 heavy (non-hydrogen) atoms. The Kier molecular flexibility index (Phi) is 3.34. The van der Waals surface area contributed by atoms with Crippen molar-refractivity contribution >= 4 is 0 Å². The average Bonchev–Trinajstić information content (AvgIpc) is 1.84. The van der Waals surface area contributed by atoms with Crippen molar-refractivity contribution < 1.29 is 36.2 Å². The van der Waals surface area contributed by atoms with Gasteiger partial charge in [-0.15, -0.1) is 0 Å². The highest BCUT2D eigenvalue weighted by molar-refractivity contribution is 4.63. The summed E-state index contributed by atoms with van der Waals surface area (Å²) in [6, 6.07) is 0. The molecule has 74 valence electrons. The average molecular weight is 198 g/mol. The maximum atomic E-state index is 11.7. The summed E-state index contributed by atoms with van der Waals surface area (Å²) in [5.74, 6) is 0. The SMILES string of the molecule is OC(F)(F)C(F)(F)OC(F)CF. The molecule has 0 heterocycles. The van der Waals surface area contributed by atoms with Crippen LogP contribution in [0.3, 0.4) is 0 Å². The molecular formula is C4H4F6O2. The predicted molar refractivity (Wildman–Crippen MR) is 24.1 cm³/mol. The van der Waals surface area contributed by atoms with Gasteiger partial charge in [0.2, 0.25) is 6.36 Å². The summed E-state index contributed by atoms with van der Waals surface area (Å²) in [6.07, 6.45) is -14.2. The smallest absolute Gasteiger partial charge is 0.329 e. The van der Waals surface area contributed by atoms with Gasteiger partial charge < -0.3 is 5.11 Å². The minimum absolute atomic E-state index is 2.01. The van der Waals surface area contributed by atoms with Crippen LogP contribution in [0.25, 0.3) is 0 Å². The van der Waals surface area contributed by atoms with Gasteiger partial charge in [0.25, 0.3) is 0 Å². The Balaban J connectivity index is 4.22. The summed E-state index contributed by atoms with van der Waals surface area (Å²) in [6.45, 7) is -2.01. The molecule has 0 aromatic rings. The van der Waals surface area contributed by atoms with E-state index in [9.17, 15) is 26.3 Å². The van der Waals surface area contributed by atoms with E-state index in [4.69, 9.17) is 5.11 Å². The summed E-state index contributed by atoms with van der Waals surface area (Å²) < 4.78 is 71.6. The second-order valence-electron chi connectivity index (χ2n) is 1.74. The van der Waals surface area contributed by atoms with Gasteiger partial charge in [0.15, 0.2) is 0 Å². The van der Waals surface area contributed by atoms with Crippen molar-refractivity contribution in [2.24, 2.45) is 0 Å². The first-order chi connectivity index (χ1) is 5.20. The molecule has 0 saturated heterocycles. The molecule has 0 aromatic heterocycles. The summed E-state index contributed by atoms with van der Waals surface area (Å²) >= 11 is 0. The summed E-state index contributed by atoms with van der Waals surface area (Å²) in [5, 5.41) is 7.39. The quantitative estimate of drug-likeness (QED) is 0.692. The van der Waals surface area contributed by atoms with Crippen LogP contribution in [0.2, 0.25) is 0 Å². The fraction of sp³-hybridized carbons (Fsp3) is 1.00. The first-order valence-electron chi connectivity index (χ1n) is 2.56. The molecule has 0 radical (unpaired) electrons. The Morgan fingerprint density at radius 3 is 1.92 bits per heavy atom. The number of alkyl halides is 6. The van der Waals surface area contributed by atoms with Crippen LogP contribution in [0.1, 0.15) is 0 Å². The number of halogens is 6. The van der Waals surface area contributed by atoms with Crippen LogP contribution >= 0.6 is 0 Å². The van der Waals surface area contributed by atoms with Gasteiger partial charge in [0, 0.05) is 0 Å². The van der Waals surface area contributed by atoms with Gasteiger partial charge in [-0.05, 0) is 0 Å². The molecule has 0 rings (SSSR count). The monoisotopic (exact) mass is 198 g/mol. The number of aliphatic hydroxyl groups is 1. The van der Waals surface area contributed by atoms with E-state index in [-0.39, 0.29) is 0 Å². The summed E-state index contributed by atoms with van der Waals surface area (Å²) in [7, 11) is 0. The number of rotatable bonds is 4. The molecule has 8 heteroatoms. The van der Waals surface area contributed by atoms with Crippen molar-refractivity contribution in [3.63, 3.8) is 0 Å². The highest BCUT2D eigenvalue weighted by Gasteiger charge is 2.58. The molecular weight excluding hydrogens is 194 g/mol. The number of hydrogen-bond acceptors (Lipinski definition) is 2. The minimum Gasteiger partial charge on any atom is -0.329 e. The van der Waals surface area contributed by atoms with E-state index in [1.54, 1.807) is 0 Å². The van der Waals surface area contributed by atoms with E-state index in [1.165, 1.54) is 0 Å². The lowest BCUT2D eigenvalue weighted by Crippen LogP contribution is -2.44. The van der Waals surface area contributed by atoms with Crippen LogP contribution in [0, 0.1) is 0 Å². The van der Waals surface area contributed by atoms with Gasteiger partial charge in [0.05, 0.1) is 0 Å². The largest absolute Gasteiger partial charge is 0.450 e. The maximum Gasteiger partial charge on any atom is 0.450 e. The van der Waals surface area contributed by atoms with Crippen molar-refractivity contribution in [1.82, 2.24) is 0 Å². The van der Waals surface area contributed by atoms with Crippen LogP contribution in [-0.4, -0.2) is 30.4 Å². The van der Waals surface area contributed by atoms with E-state index >= 15 is 0 Å². The van der Waals surface area contributed by atoms with Crippen molar-refractivity contribution in [3.8, 4) is 0 Å². The Hall–Kier alpha value is -0.500. The van der Waals surface area contributed by atoms with Crippen molar-refractivity contribution in [2.45, 2.75) is 18.6 Å². The Bertz CT molecular complexity index is 143. The van der Waals surface area contributed by atoms with Crippen LogP contribution in [0.4, 0.5) is 26.3 Å². The highest BCUT2D eigenvalue weighted by Crippen LogP contribution is 2.33. The zero-order valence-corrected chi connectivity index (χ0v) is 5.41. The second kappa shape index (κ2) is 3.48. The van der Waals surface area contributed by atoms with E-state index in [2.05, 4.69) is 4.74 Å². The van der Waals surface area contributed by atoms with E-state index in [0.29, 0.717) is 0 Å². The van der Waals surface area contributed by atoms with Gasteiger partial charge in [0.1, 0.15) is 6.67 Å². The lowest BCUT2D eigenvalue weighted by atomic mass is 10.6. The molecule has 0 amide bonds. The molecule has 0 aliphatic heterocycles. The third kappa shape index (κ3) is 2.86. The zero-order chi connectivity index (χ0) is 9.99. The van der Waals surface area contributed by atoms with Gasteiger partial charge in [-0.3, -0.25) is 4.74 Å². The zero-order valence-electron chi connectivity index (χ0n) is 5.41. The molecule has 0 spiro atoms. The molecule has 0 saturated carbocycles. The molecule has 2 nitrogen and oxygen atoms in total. The van der Waals surface area contributed by atoms with Crippen molar-refractivity contribution in [1.29, 1.82) is 0 Å². The second-order valence-corrected chi connectivity index (χ2v) is 1.74. The third-order valence-electron chi connectivity index (χ3n) is 0.747. The first-order valence-corrected chi connectivity index (χ1v) is 2.56. The van der Waals surface area contributed by atoms with Crippen LogP contribution in [0.15, 0.2) is 0 Å². The van der Waals surface area contributed by atoms with E-state index in [0.717, 1.165) is 0 Å². The van der Waals surface area contributed by atoms with E-state index in [1.807, 2.05) is 0 Å².